The lowest BCUT2D eigenvalue weighted by Gasteiger charge is -2.34. The molecule has 9 heteroatoms. The molecule has 1 saturated heterocycles. The summed E-state index contributed by atoms with van der Waals surface area (Å²) in [6.07, 6.45) is 4.21. The van der Waals surface area contributed by atoms with Crippen LogP contribution >= 0.6 is 0 Å². The zero-order valence-electron chi connectivity index (χ0n) is 20.6. The minimum atomic E-state index is -0.488. The van der Waals surface area contributed by atoms with Gasteiger partial charge in [-0.15, -0.1) is 0 Å². The number of hydrogen-bond donors (Lipinski definition) is 0. The Kier molecular flexibility index (Phi) is 7.37. The minimum absolute atomic E-state index is 0.0689. The van der Waals surface area contributed by atoms with E-state index in [0.29, 0.717) is 24.5 Å². The fourth-order valence-electron chi connectivity index (χ4n) is 4.44. The van der Waals surface area contributed by atoms with Gasteiger partial charge in [-0.1, -0.05) is 54.6 Å². The molecule has 1 aliphatic heterocycles. The van der Waals surface area contributed by atoms with Gasteiger partial charge in [0.2, 0.25) is 0 Å². The van der Waals surface area contributed by atoms with Crippen molar-refractivity contribution in [3.05, 3.63) is 118 Å². The van der Waals surface area contributed by atoms with Crippen molar-refractivity contribution in [2.45, 2.75) is 0 Å². The predicted molar refractivity (Wildman–Crippen MR) is 143 cm³/mol. The number of benzene rings is 3. The molecule has 0 spiro atoms. The van der Waals surface area contributed by atoms with Crippen LogP contribution in [0.2, 0.25) is 0 Å². The smallest absolute Gasteiger partial charge is 0.272 e. The number of non-ortho nitro benzene ring substituents is 1. The lowest BCUT2D eigenvalue weighted by atomic mass is 10.1. The molecule has 1 amide bonds. The number of rotatable bonds is 7. The maximum absolute atomic E-state index is 14.5. The van der Waals surface area contributed by atoms with Gasteiger partial charge < -0.3 is 4.90 Å². The number of piperazine rings is 1. The first-order valence-corrected chi connectivity index (χ1v) is 12.3. The van der Waals surface area contributed by atoms with Gasteiger partial charge in [0, 0.05) is 50.4 Å². The topological polar surface area (TPSA) is 84.5 Å². The monoisotopic (exact) mass is 511 g/mol. The maximum atomic E-state index is 14.5. The van der Waals surface area contributed by atoms with E-state index in [9.17, 15) is 19.3 Å². The molecule has 3 aromatic carbocycles. The van der Waals surface area contributed by atoms with Gasteiger partial charge in [-0.3, -0.25) is 19.8 Å². The summed E-state index contributed by atoms with van der Waals surface area (Å²) in [6, 6.07) is 23.7. The molecule has 38 heavy (non-hydrogen) atoms. The lowest BCUT2D eigenvalue weighted by Crippen LogP contribution is -2.49. The van der Waals surface area contributed by atoms with Crippen LogP contribution in [0.3, 0.4) is 0 Å². The number of amides is 1. The van der Waals surface area contributed by atoms with E-state index in [2.05, 4.69) is 34.3 Å². The molecule has 5 rings (SSSR count). The Morgan fingerprint density at radius 2 is 1.63 bits per heavy atom. The van der Waals surface area contributed by atoms with Crippen molar-refractivity contribution >= 4 is 17.7 Å². The molecule has 1 fully saturated rings. The highest BCUT2D eigenvalue weighted by atomic mass is 19.1. The van der Waals surface area contributed by atoms with Gasteiger partial charge in [-0.25, -0.2) is 9.07 Å². The number of carbonyl (C=O) groups is 1. The Morgan fingerprint density at radius 3 is 2.32 bits per heavy atom. The Balaban J connectivity index is 1.35. The van der Waals surface area contributed by atoms with E-state index in [4.69, 9.17) is 0 Å². The molecule has 0 bridgehead atoms. The third kappa shape index (κ3) is 5.52. The zero-order chi connectivity index (χ0) is 26.5. The minimum Gasteiger partial charge on any atom is -0.335 e. The molecule has 1 aromatic heterocycles. The van der Waals surface area contributed by atoms with Gasteiger partial charge in [-0.2, -0.15) is 5.10 Å². The van der Waals surface area contributed by atoms with Gasteiger partial charge in [0.25, 0.3) is 11.6 Å². The molecule has 0 radical (unpaired) electrons. The second-order valence-electron chi connectivity index (χ2n) is 8.99. The van der Waals surface area contributed by atoms with E-state index in [1.165, 1.54) is 35.0 Å². The largest absolute Gasteiger partial charge is 0.335 e. The Morgan fingerprint density at radius 1 is 0.947 bits per heavy atom. The first-order chi connectivity index (χ1) is 18.5. The molecule has 0 unspecified atom stereocenters. The highest BCUT2D eigenvalue weighted by molar-refractivity contribution is 5.94. The summed E-state index contributed by atoms with van der Waals surface area (Å²) >= 11 is 0. The third-order valence-corrected chi connectivity index (χ3v) is 6.52. The molecule has 0 N–H and O–H groups in total. The first-order valence-electron chi connectivity index (χ1n) is 12.3. The zero-order valence-corrected chi connectivity index (χ0v) is 20.6. The number of nitro benzene ring substituents is 1. The fraction of sp³-hybridized carbons (Fsp3) is 0.172. The number of carbonyl (C=O) groups excluding carboxylic acids is 1. The number of aromatic nitrogens is 2. The first kappa shape index (κ1) is 25.0. The standard InChI is InChI=1S/C29H26FN5O3/c30-26-11-5-4-10-25(26)27-21-28(34(31-27)23-12-14-24(15-13-23)35(37)38)29(36)33-19-17-32(18-20-33)16-6-9-22-7-2-1-3-8-22/h1-15,21H,16-20H2/b9-6+. The molecule has 1 aliphatic rings. The number of nitrogens with zero attached hydrogens (tertiary/aromatic N) is 5. The average molecular weight is 512 g/mol. The van der Waals surface area contributed by atoms with Crippen LogP contribution in [-0.2, 0) is 0 Å². The summed E-state index contributed by atoms with van der Waals surface area (Å²) in [5.74, 6) is -0.671. The van der Waals surface area contributed by atoms with Gasteiger partial charge in [0.15, 0.2) is 0 Å². The Hall–Kier alpha value is -4.63. The fourth-order valence-corrected chi connectivity index (χ4v) is 4.44. The average Bonchev–Trinajstić information content (AvgIpc) is 3.39. The molecule has 0 aliphatic carbocycles. The quantitative estimate of drug-likeness (QED) is 0.256. The van der Waals surface area contributed by atoms with Crippen LogP contribution in [0.4, 0.5) is 10.1 Å². The van der Waals surface area contributed by atoms with Crippen LogP contribution in [0.15, 0.2) is 91.0 Å². The number of hydrogen-bond acceptors (Lipinski definition) is 5. The van der Waals surface area contributed by atoms with E-state index in [1.807, 2.05) is 18.2 Å². The third-order valence-electron chi connectivity index (χ3n) is 6.52. The van der Waals surface area contributed by atoms with Crippen molar-refractivity contribution in [2.75, 3.05) is 32.7 Å². The van der Waals surface area contributed by atoms with Gasteiger partial charge >= 0.3 is 0 Å². The van der Waals surface area contributed by atoms with E-state index < -0.39 is 10.7 Å². The van der Waals surface area contributed by atoms with Crippen LogP contribution in [-0.4, -0.2) is 63.1 Å². The molecule has 4 aromatic rings. The molecular formula is C29H26FN5O3. The number of halogens is 1. The molecular weight excluding hydrogens is 485 g/mol. The normalized spacial score (nSPS) is 14.2. The van der Waals surface area contributed by atoms with Crippen molar-refractivity contribution in [1.29, 1.82) is 0 Å². The molecule has 2 heterocycles. The lowest BCUT2D eigenvalue weighted by molar-refractivity contribution is -0.384. The molecule has 0 atom stereocenters. The van der Waals surface area contributed by atoms with Crippen molar-refractivity contribution < 1.29 is 14.1 Å². The maximum Gasteiger partial charge on any atom is 0.272 e. The summed E-state index contributed by atoms with van der Waals surface area (Å²) < 4.78 is 16.0. The van der Waals surface area contributed by atoms with Crippen molar-refractivity contribution in [3.8, 4) is 16.9 Å². The molecule has 8 nitrogen and oxygen atoms in total. The number of nitro groups is 1. The van der Waals surface area contributed by atoms with E-state index >= 15 is 0 Å². The highest BCUT2D eigenvalue weighted by Crippen LogP contribution is 2.26. The van der Waals surface area contributed by atoms with Crippen LogP contribution in [0, 0.1) is 15.9 Å². The van der Waals surface area contributed by atoms with Crippen LogP contribution in [0.5, 0.6) is 0 Å². The SMILES string of the molecule is O=C(c1cc(-c2ccccc2F)nn1-c1ccc([N+](=O)[O-])cc1)N1CCN(C/C=C/c2ccccc2)CC1. The van der Waals surface area contributed by atoms with Gasteiger partial charge in [-0.05, 0) is 35.9 Å². The Labute approximate surface area is 219 Å². The summed E-state index contributed by atoms with van der Waals surface area (Å²) in [4.78, 5) is 28.3. The summed E-state index contributed by atoms with van der Waals surface area (Å²) in [7, 11) is 0. The molecule has 0 saturated carbocycles. The summed E-state index contributed by atoms with van der Waals surface area (Å²) in [5.41, 5.74) is 2.42. The van der Waals surface area contributed by atoms with Gasteiger partial charge in [0.1, 0.15) is 11.5 Å². The van der Waals surface area contributed by atoms with Crippen molar-refractivity contribution in [2.24, 2.45) is 0 Å². The van der Waals surface area contributed by atoms with E-state index in [-0.39, 0.29) is 22.9 Å². The molecule has 192 valence electrons. The van der Waals surface area contributed by atoms with E-state index in [1.54, 1.807) is 29.2 Å². The van der Waals surface area contributed by atoms with E-state index in [0.717, 1.165) is 25.2 Å². The van der Waals surface area contributed by atoms with Crippen LogP contribution < -0.4 is 0 Å². The predicted octanol–water partition coefficient (Wildman–Crippen LogP) is 5.06. The summed E-state index contributed by atoms with van der Waals surface area (Å²) in [6.45, 7) is 3.31. The van der Waals surface area contributed by atoms with Gasteiger partial charge in [0.05, 0.1) is 16.3 Å². The Bertz CT molecular complexity index is 1460. The second-order valence-corrected chi connectivity index (χ2v) is 8.99. The summed E-state index contributed by atoms with van der Waals surface area (Å²) in [5, 5.41) is 15.6. The van der Waals surface area contributed by atoms with Crippen LogP contribution in [0.1, 0.15) is 16.1 Å². The second kappa shape index (κ2) is 11.2. The van der Waals surface area contributed by atoms with Crippen LogP contribution in [0.25, 0.3) is 23.0 Å². The van der Waals surface area contributed by atoms with Crippen molar-refractivity contribution in [3.63, 3.8) is 0 Å². The highest BCUT2D eigenvalue weighted by Gasteiger charge is 2.26. The van der Waals surface area contributed by atoms with Crippen molar-refractivity contribution in [1.82, 2.24) is 19.6 Å².